The summed E-state index contributed by atoms with van der Waals surface area (Å²) in [6.45, 7) is 1.61. The van der Waals surface area contributed by atoms with Crippen LogP contribution >= 0.6 is 0 Å². The second-order valence-electron chi connectivity index (χ2n) is 6.90. The lowest BCUT2D eigenvalue weighted by Gasteiger charge is -2.16. The van der Waals surface area contributed by atoms with Crippen molar-refractivity contribution >= 4 is 36.1 Å². The van der Waals surface area contributed by atoms with Crippen LogP contribution < -0.4 is 20.4 Å². The van der Waals surface area contributed by atoms with E-state index in [1.54, 1.807) is 55.6 Å². The number of rotatable bonds is 9. The van der Waals surface area contributed by atoms with Crippen LogP contribution in [0.25, 0.3) is 0 Å². The molecular weight excluding hydrogens is 437 g/mol. The standard InChI is InChI=1S/C25H22FN5O3/c1-18(13-16-29-31(17-32)21-8-4-19(26)5-9-21)25(33)30-20-6-10-22(11-7-20)34-24-3-2-15-28-23(24)12-14-27/h2-17,27-28H,1H3,(H,30,33)/b18-13+,23-12-,27-14?,29-16-. The van der Waals surface area contributed by atoms with Gasteiger partial charge in [-0.25, -0.2) is 9.40 Å². The fourth-order valence-electron chi connectivity index (χ4n) is 2.74. The van der Waals surface area contributed by atoms with Gasteiger partial charge in [-0.05, 0) is 79.8 Å². The quantitative estimate of drug-likeness (QED) is 0.225. The van der Waals surface area contributed by atoms with E-state index in [1.165, 1.54) is 36.6 Å². The topological polar surface area (TPSA) is 107 Å². The molecule has 172 valence electrons. The molecule has 0 unspecified atom stereocenters. The summed E-state index contributed by atoms with van der Waals surface area (Å²) in [7, 11) is 0. The molecule has 3 rings (SSSR count). The Labute approximate surface area is 195 Å². The van der Waals surface area contributed by atoms with Gasteiger partial charge in [0.25, 0.3) is 5.91 Å². The number of carbonyl (C=O) groups excluding carboxylic acids is 2. The molecule has 8 nitrogen and oxygen atoms in total. The number of carbonyl (C=O) groups is 2. The first-order chi connectivity index (χ1) is 16.5. The third-order valence-electron chi connectivity index (χ3n) is 4.50. The van der Waals surface area contributed by atoms with Crippen LogP contribution in [0.2, 0.25) is 0 Å². The van der Waals surface area contributed by atoms with Crippen molar-refractivity contribution in [2.24, 2.45) is 5.10 Å². The smallest absolute Gasteiger partial charge is 0.251 e. The van der Waals surface area contributed by atoms with Crippen molar-refractivity contribution in [2.75, 3.05) is 10.3 Å². The van der Waals surface area contributed by atoms with Gasteiger partial charge < -0.3 is 20.8 Å². The van der Waals surface area contributed by atoms with Crippen LogP contribution in [0.15, 0.2) is 101 Å². The van der Waals surface area contributed by atoms with Gasteiger partial charge in [-0.2, -0.15) is 5.10 Å². The number of hydrazone groups is 1. The summed E-state index contributed by atoms with van der Waals surface area (Å²) >= 11 is 0. The van der Waals surface area contributed by atoms with E-state index < -0.39 is 5.82 Å². The van der Waals surface area contributed by atoms with Crippen molar-refractivity contribution in [2.45, 2.75) is 6.92 Å². The zero-order valence-corrected chi connectivity index (χ0v) is 18.2. The summed E-state index contributed by atoms with van der Waals surface area (Å²) in [4.78, 5) is 23.7. The van der Waals surface area contributed by atoms with E-state index in [1.807, 2.05) is 0 Å². The second kappa shape index (κ2) is 11.7. The van der Waals surface area contributed by atoms with E-state index in [9.17, 15) is 14.0 Å². The maximum Gasteiger partial charge on any atom is 0.251 e. The fraction of sp³-hybridized carbons (Fsp3) is 0.0400. The summed E-state index contributed by atoms with van der Waals surface area (Å²) in [6.07, 6.45) is 11.3. The van der Waals surface area contributed by atoms with E-state index in [4.69, 9.17) is 10.1 Å². The monoisotopic (exact) mass is 459 g/mol. The first-order valence-corrected chi connectivity index (χ1v) is 10.1. The Kier molecular flexibility index (Phi) is 8.23. The van der Waals surface area contributed by atoms with Crippen molar-refractivity contribution < 1.29 is 18.7 Å². The highest BCUT2D eigenvalue weighted by Crippen LogP contribution is 2.22. The summed E-state index contributed by atoms with van der Waals surface area (Å²) in [6, 6.07) is 12.1. The number of benzene rings is 2. The minimum absolute atomic E-state index is 0.347. The van der Waals surface area contributed by atoms with E-state index >= 15 is 0 Å². The number of allylic oxidation sites excluding steroid dienone is 4. The van der Waals surface area contributed by atoms with Crippen molar-refractivity contribution in [1.29, 1.82) is 5.41 Å². The Hall–Kier alpha value is -4.79. The molecule has 9 heteroatoms. The van der Waals surface area contributed by atoms with E-state index in [0.29, 0.717) is 40.6 Å². The first-order valence-electron chi connectivity index (χ1n) is 10.1. The molecule has 2 amide bonds. The SMILES string of the molecule is C/C(=C\C=N/N(C=O)c1ccc(F)cc1)C(=O)Nc1ccc(OC2=CC=CN/C2=C\C=N)cc1. The normalized spacial score (nSPS) is 14.4. The number of ether oxygens (including phenoxy) is 1. The molecule has 2 aromatic carbocycles. The zero-order valence-electron chi connectivity index (χ0n) is 18.2. The van der Waals surface area contributed by atoms with Crippen LogP contribution in [-0.4, -0.2) is 24.7 Å². The van der Waals surface area contributed by atoms with Crippen molar-refractivity contribution in [3.8, 4) is 5.75 Å². The predicted molar refractivity (Wildman–Crippen MR) is 130 cm³/mol. The van der Waals surface area contributed by atoms with Crippen molar-refractivity contribution in [1.82, 2.24) is 5.32 Å². The Morgan fingerprint density at radius 2 is 1.91 bits per heavy atom. The maximum atomic E-state index is 13.0. The minimum atomic E-state index is -0.421. The number of amides is 2. The van der Waals surface area contributed by atoms with Gasteiger partial charge in [0, 0.05) is 29.9 Å². The Morgan fingerprint density at radius 3 is 2.59 bits per heavy atom. The van der Waals surface area contributed by atoms with Gasteiger partial charge >= 0.3 is 0 Å². The number of nitrogens with zero attached hydrogens (tertiary/aromatic N) is 2. The lowest BCUT2D eigenvalue weighted by atomic mass is 10.2. The van der Waals surface area contributed by atoms with Gasteiger partial charge in [-0.15, -0.1) is 0 Å². The molecule has 3 N–H and O–H groups in total. The molecule has 0 saturated carbocycles. The van der Waals surface area contributed by atoms with E-state index in [2.05, 4.69) is 15.7 Å². The molecular formula is C25H22FN5O3. The minimum Gasteiger partial charge on any atom is -0.455 e. The Morgan fingerprint density at radius 1 is 1.18 bits per heavy atom. The van der Waals surface area contributed by atoms with Crippen LogP contribution in [0.1, 0.15) is 6.92 Å². The first kappa shape index (κ1) is 23.9. The molecule has 0 saturated heterocycles. The third kappa shape index (κ3) is 6.60. The van der Waals surface area contributed by atoms with Crippen LogP contribution in [0.5, 0.6) is 5.75 Å². The van der Waals surface area contributed by atoms with Gasteiger partial charge in [0.05, 0.1) is 11.4 Å². The highest BCUT2D eigenvalue weighted by Gasteiger charge is 2.10. The van der Waals surface area contributed by atoms with E-state index in [0.717, 1.165) is 11.2 Å². The van der Waals surface area contributed by atoms with Crippen LogP contribution in [0.4, 0.5) is 15.8 Å². The average molecular weight is 459 g/mol. The Bertz CT molecular complexity index is 1200. The molecule has 0 aromatic heterocycles. The van der Waals surface area contributed by atoms with Gasteiger partial charge in [0.1, 0.15) is 11.6 Å². The fourth-order valence-corrected chi connectivity index (χ4v) is 2.74. The molecule has 1 aliphatic heterocycles. The molecule has 0 fully saturated rings. The molecule has 0 atom stereocenters. The average Bonchev–Trinajstić information content (AvgIpc) is 2.85. The molecule has 0 radical (unpaired) electrons. The number of hydrogen-bond donors (Lipinski definition) is 3. The number of dihydropyridines is 1. The van der Waals surface area contributed by atoms with Gasteiger partial charge in [-0.1, -0.05) is 0 Å². The largest absolute Gasteiger partial charge is 0.455 e. The maximum absolute atomic E-state index is 13.0. The molecule has 0 bridgehead atoms. The van der Waals surface area contributed by atoms with Crippen LogP contribution in [-0.2, 0) is 9.59 Å². The molecule has 0 aliphatic carbocycles. The summed E-state index contributed by atoms with van der Waals surface area (Å²) in [5.41, 5.74) is 1.97. The molecule has 0 spiro atoms. The lowest BCUT2D eigenvalue weighted by molar-refractivity contribution is -0.112. The van der Waals surface area contributed by atoms with Gasteiger partial charge in [0.15, 0.2) is 5.76 Å². The Balaban J connectivity index is 1.59. The number of nitrogens with one attached hydrogen (secondary N) is 3. The molecule has 1 heterocycles. The van der Waals surface area contributed by atoms with Gasteiger partial charge in [0.2, 0.25) is 6.41 Å². The van der Waals surface area contributed by atoms with Gasteiger partial charge in [-0.3, -0.25) is 9.59 Å². The summed E-state index contributed by atoms with van der Waals surface area (Å²) in [5.74, 6) is 0.354. The highest BCUT2D eigenvalue weighted by atomic mass is 19.1. The second-order valence-corrected chi connectivity index (χ2v) is 6.90. The van der Waals surface area contributed by atoms with Crippen LogP contribution in [0, 0.1) is 11.2 Å². The number of hydrogen-bond acceptors (Lipinski definition) is 6. The third-order valence-corrected chi connectivity index (χ3v) is 4.50. The lowest BCUT2D eigenvalue weighted by Crippen LogP contribution is -2.15. The number of anilines is 2. The molecule has 34 heavy (non-hydrogen) atoms. The molecule has 2 aromatic rings. The predicted octanol–water partition coefficient (Wildman–Crippen LogP) is 4.27. The van der Waals surface area contributed by atoms with Crippen LogP contribution in [0.3, 0.4) is 0 Å². The van der Waals surface area contributed by atoms with E-state index in [-0.39, 0.29) is 5.91 Å². The molecule has 1 aliphatic rings. The summed E-state index contributed by atoms with van der Waals surface area (Å²) < 4.78 is 18.9. The van der Waals surface area contributed by atoms with Crippen molar-refractivity contribution in [3.05, 3.63) is 102 Å². The van der Waals surface area contributed by atoms with Crippen molar-refractivity contribution in [3.63, 3.8) is 0 Å². The number of halogens is 1. The highest BCUT2D eigenvalue weighted by molar-refractivity contribution is 6.05. The zero-order chi connectivity index (χ0) is 24.3. The summed E-state index contributed by atoms with van der Waals surface area (Å²) in [5, 5.41) is 18.0.